The van der Waals surface area contributed by atoms with E-state index in [1.54, 1.807) is 0 Å². The van der Waals surface area contributed by atoms with Crippen LogP contribution in [0.5, 0.6) is 0 Å². The Morgan fingerprint density at radius 2 is 0.500 bits per heavy atom. The van der Waals surface area contributed by atoms with Crippen LogP contribution in [0.15, 0.2) is 0 Å². The van der Waals surface area contributed by atoms with Crippen LogP contribution in [0.2, 0.25) is 0 Å². The molecule has 0 aliphatic rings. The lowest BCUT2D eigenvalue weighted by molar-refractivity contribution is -0.929. The van der Waals surface area contributed by atoms with E-state index in [0.717, 1.165) is 98.2 Å². The van der Waals surface area contributed by atoms with Gasteiger partial charge < -0.3 is 42.8 Å². The summed E-state index contributed by atoms with van der Waals surface area (Å²) >= 11 is 17.1. The first kappa shape index (κ1) is 73.5. The molecule has 0 aromatic heterocycles. The molecule has 64 heavy (non-hydrogen) atoms. The van der Waals surface area contributed by atoms with E-state index >= 15 is 0 Å². The van der Waals surface area contributed by atoms with E-state index in [4.69, 9.17) is 55.2 Å². The molecular weight excluding hydrogens is 865 g/mol. The molecular formula is C52H121Cl3N5O4+5. The fraction of sp³-hybridized carbons (Fsp3) is 1.00. The molecule has 0 heterocycles. The Labute approximate surface area is 417 Å². The zero-order valence-electron chi connectivity index (χ0n) is 45.7. The number of quaternary nitrogens is 5. The monoisotopic (exact) mass is 985 g/mol. The van der Waals surface area contributed by atoms with Crippen molar-refractivity contribution in [1.82, 2.24) is 0 Å². The van der Waals surface area contributed by atoms with Crippen molar-refractivity contribution < 1.29 is 42.8 Å². The number of hydrogen-bond donors (Lipinski definition) is 4. The van der Waals surface area contributed by atoms with Gasteiger partial charge in [-0.05, 0) is 72.6 Å². The van der Waals surface area contributed by atoms with Crippen molar-refractivity contribution in [2.75, 3.05) is 176 Å². The Morgan fingerprint density at radius 3 is 0.672 bits per heavy atom. The van der Waals surface area contributed by atoms with Crippen LogP contribution in [0.1, 0.15) is 166 Å². The predicted molar refractivity (Wildman–Crippen MR) is 288 cm³/mol. The van der Waals surface area contributed by atoms with Crippen molar-refractivity contribution in [3.8, 4) is 0 Å². The molecule has 0 saturated heterocycles. The lowest BCUT2D eigenvalue weighted by atomic mass is 10.1. The second-order valence-electron chi connectivity index (χ2n) is 19.1. The highest BCUT2D eigenvalue weighted by Crippen LogP contribution is 2.17. The van der Waals surface area contributed by atoms with Crippen LogP contribution in [0, 0.1) is 0 Å². The van der Waals surface area contributed by atoms with E-state index in [2.05, 4.69) is 83.3 Å². The summed E-state index contributed by atoms with van der Waals surface area (Å²) in [4.78, 5) is 0. The van der Waals surface area contributed by atoms with Crippen LogP contribution >= 0.6 is 34.8 Å². The number of unbranched alkanes of at least 4 members (excludes halogenated alkanes) is 4. The number of nitrogens with zero attached hydrogens (tertiary/aromatic N) is 5. The number of halogens is 3. The third kappa shape index (κ3) is 41.5. The van der Waals surface area contributed by atoms with Gasteiger partial charge in [-0.2, -0.15) is 0 Å². The molecule has 0 saturated carbocycles. The zero-order valence-corrected chi connectivity index (χ0v) is 48.0. The fourth-order valence-electron chi connectivity index (χ4n) is 9.06. The summed E-state index contributed by atoms with van der Waals surface area (Å²) in [7, 11) is 4.65. The van der Waals surface area contributed by atoms with Crippen molar-refractivity contribution in [3.05, 3.63) is 0 Å². The van der Waals surface area contributed by atoms with Gasteiger partial charge in [-0.25, -0.2) is 0 Å². The molecule has 0 spiro atoms. The van der Waals surface area contributed by atoms with Crippen molar-refractivity contribution >= 4 is 34.8 Å². The van der Waals surface area contributed by atoms with Crippen molar-refractivity contribution in [1.29, 1.82) is 0 Å². The molecule has 4 N–H and O–H groups in total. The van der Waals surface area contributed by atoms with Gasteiger partial charge in [0, 0.05) is 36.9 Å². The van der Waals surface area contributed by atoms with Gasteiger partial charge in [0.05, 0.1) is 132 Å². The fourth-order valence-corrected chi connectivity index (χ4v) is 9.42. The Bertz CT molecular complexity index is 791. The van der Waals surface area contributed by atoms with Gasteiger partial charge in [0.1, 0.15) is 26.2 Å². The van der Waals surface area contributed by atoms with Crippen molar-refractivity contribution in [2.45, 2.75) is 166 Å². The van der Waals surface area contributed by atoms with E-state index in [9.17, 15) is 0 Å². The van der Waals surface area contributed by atoms with Crippen LogP contribution in [0.25, 0.3) is 0 Å². The van der Waals surface area contributed by atoms with E-state index in [-0.39, 0.29) is 19.8 Å². The topological polar surface area (TPSA) is 80.9 Å². The molecule has 9 nitrogen and oxygen atoms in total. The first-order valence-corrected chi connectivity index (χ1v) is 28.5. The predicted octanol–water partition coefficient (Wildman–Crippen LogP) is 10.6. The molecule has 0 aromatic carbocycles. The smallest absolute Gasteiger partial charge is 0.102 e. The van der Waals surface area contributed by atoms with Crippen LogP contribution in [0.4, 0.5) is 0 Å². The van der Waals surface area contributed by atoms with Crippen LogP contribution in [-0.2, 0) is 0 Å². The van der Waals surface area contributed by atoms with Crippen LogP contribution in [-0.4, -0.2) is 219 Å². The molecule has 0 radical (unpaired) electrons. The van der Waals surface area contributed by atoms with Crippen molar-refractivity contribution in [3.63, 3.8) is 0 Å². The van der Waals surface area contributed by atoms with Crippen LogP contribution < -0.4 is 0 Å². The highest BCUT2D eigenvalue weighted by molar-refractivity contribution is 6.18. The maximum absolute atomic E-state index is 8.81. The highest BCUT2D eigenvalue weighted by atomic mass is 35.5. The Kier molecular flexibility index (Phi) is 59.0. The molecule has 394 valence electrons. The number of rotatable bonds is 39. The van der Waals surface area contributed by atoms with E-state index in [1.165, 1.54) is 125 Å². The molecule has 0 fully saturated rings. The molecule has 0 bridgehead atoms. The SMILES string of the molecule is CCCC[N+](CCCC)(CCCC)CCCC.CCC[N+](C)(CCC)CCC.CC[N+](CC)(CC)CCO.CC[N+](CCO)(CCO)CCO.C[N+](CCCCl)(CCCCl)CCCCl. The standard InChI is InChI=1S/C16H36N.C10H21Cl3N.C10H24N.C8H20NO3.C8H20NO/c1-5-9-13-17(14-10-6-2,15-11-7-3)16-12-8-4;1-14(8-2-5-11,9-3-6-12)10-4-7-13;1-5-8-11(4,9-6-2)10-7-3;1-2-9(3-6-10,4-7-11)5-8-12;1-4-9(5-2,6-3)7-8-10/h5-16H2,1-4H3;2-10H2,1H3;5-10H2,1-4H3;10-12H,2-8H2,1H3;10H,4-8H2,1-3H3/q5*+1. The summed E-state index contributed by atoms with van der Waals surface area (Å²) in [5, 5.41) is 35.2. The van der Waals surface area contributed by atoms with E-state index in [0.29, 0.717) is 30.7 Å². The summed E-state index contributed by atoms with van der Waals surface area (Å²) in [6.45, 7) is 45.5. The quantitative estimate of drug-likeness (QED) is 0.0365. The maximum atomic E-state index is 8.81. The van der Waals surface area contributed by atoms with Gasteiger partial charge in [-0.15, -0.1) is 34.8 Å². The first-order chi connectivity index (χ1) is 30.6. The normalized spacial score (nSPS) is 12.0. The number of aliphatic hydroxyl groups is 4. The molecule has 0 aliphatic carbocycles. The molecule has 0 aliphatic heterocycles. The third-order valence-electron chi connectivity index (χ3n) is 13.7. The molecule has 12 heteroatoms. The Morgan fingerprint density at radius 1 is 0.266 bits per heavy atom. The minimum atomic E-state index is 0.105. The summed E-state index contributed by atoms with van der Waals surface area (Å²) < 4.78 is 5.42. The minimum absolute atomic E-state index is 0.105. The largest absolute Gasteiger partial charge is 0.391 e. The minimum Gasteiger partial charge on any atom is -0.391 e. The zero-order chi connectivity index (χ0) is 50.1. The third-order valence-corrected chi connectivity index (χ3v) is 14.5. The Balaban J connectivity index is -0.000000230. The number of aliphatic hydroxyl groups excluding tert-OH is 4. The number of alkyl halides is 3. The molecule has 0 amide bonds. The summed E-state index contributed by atoms with van der Waals surface area (Å²) in [5.41, 5.74) is 0. The van der Waals surface area contributed by atoms with Gasteiger partial charge in [0.15, 0.2) is 0 Å². The highest BCUT2D eigenvalue weighted by Gasteiger charge is 2.26. The van der Waals surface area contributed by atoms with Gasteiger partial charge in [-0.1, -0.05) is 74.1 Å². The lowest BCUT2D eigenvalue weighted by Crippen LogP contribution is -2.53. The average Bonchev–Trinajstić information content (AvgIpc) is 3.29. The molecule has 0 rings (SSSR count). The van der Waals surface area contributed by atoms with E-state index in [1.807, 2.05) is 6.92 Å². The molecule has 0 unspecified atom stereocenters. The van der Waals surface area contributed by atoms with Gasteiger partial charge >= 0.3 is 0 Å². The second-order valence-corrected chi connectivity index (χ2v) is 20.2. The van der Waals surface area contributed by atoms with Gasteiger partial charge in [0.2, 0.25) is 0 Å². The molecule has 0 aromatic rings. The maximum Gasteiger partial charge on any atom is 0.102 e. The summed E-state index contributed by atoms with van der Waals surface area (Å²) in [5.74, 6) is 2.24. The molecule has 0 atom stereocenters. The van der Waals surface area contributed by atoms with Gasteiger partial charge in [0.25, 0.3) is 0 Å². The second kappa shape index (κ2) is 51.4. The number of likely N-dealkylation sites (N-methyl/N-ethyl adjacent to an activating group) is 2. The first-order valence-electron chi connectivity index (χ1n) is 26.9. The summed E-state index contributed by atoms with van der Waals surface area (Å²) in [6, 6.07) is 0. The van der Waals surface area contributed by atoms with E-state index < -0.39 is 0 Å². The van der Waals surface area contributed by atoms with Crippen LogP contribution in [0.3, 0.4) is 0 Å². The number of hydrogen-bond acceptors (Lipinski definition) is 4. The Hall–Kier alpha value is 0.510. The average molecular weight is 987 g/mol. The lowest BCUT2D eigenvalue weighted by Gasteiger charge is -2.39. The van der Waals surface area contributed by atoms with Gasteiger partial charge in [-0.3, -0.25) is 0 Å². The van der Waals surface area contributed by atoms with Crippen molar-refractivity contribution in [2.24, 2.45) is 0 Å². The summed E-state index contributed by atoms with van der Waals surface area (Å²) in [6.07, 6.45) is 18.2.